The van der Waals surface area contributed by atoms with E-state index < -0.39 is 0 Å². The van der Waals surface area contributed by atoms with Gasteiger partial charge in [-0.25, -0.2) is 0 Å². The van der Waals surface area contributed by atoms with Crippen molar-refractivity contribution in [3.63, 3.8) is 0 Å². The number of nitrogens with one attached hydrogen (secondary N) is 1. The van der Waals surface area contributed by atoms with Crippen molar-refractivity contribution in [3.05, 3.63) is 34.3 Å². The molecule has 0 amide bonds. The first-order chi connectivity index (χ1) is 6.24. The molecule has 0 aliphatic heterocycles. The average Bonchev–Trinajstić information content (AvgIpc) is 2.15. The molecule has 0 fully saturated rings. The SMILES string of the molecule is C[C@H](NCC#N)c1ccc(Br)cc1. The van der Waals surface area contributed by atoms with E-state index in [1.165, 1.54) is 5.56 Å². The number of hydrogen-bond acceptors (Lipinski definition) is 2. The molecular formula is C10H11BrN2. The summed E-state index contributed by atoms with van der Waals surface area (Å²) in [5.41, 5.74) is 1.19. The first-order valence-electron chi connectivity index (χ1n) is 4.10. The summed E-state index contributed by atoms with van der Waals surface area (Å²) in [6, 6.07) is 10.4. The lowest BCUT2D eigenvalue weighted by Crippen LogP contribution is -2.18. The number of nitrogens with zero attached hydrogens (tertiary/aromatic N) is 1. The van der Waals surface area contributed by atoms with Crippen molar-refractivity contribution in [3.8, 4) is 6.07 Å². The Bertz CT molecular complexity index is 300. The van der Waals surface area contributed by atoms with E-state index in [1.807, 2.05) is 31.2 Å². The third-order valence-electron chi connectivity index (χ3n) is 1.86. The lowest BCUT2D eigenvalue weighted by molar-refractivity contribution is 0.621. The summed E-state index contributed by atoms with van der Waals surface area (Å²) >= 11 is 3.37. The lowest BCUT2D eigenvalue weighted by Gasteiger charge is -2.11. The van der Waals surface area contributed by atoms with E-state index in [9.17, 15) is 0 Å². The van der Waals surface area contributed by atoms with Gasteiger partial charge in [-0.2, -0.15) is 5.26 Å². The molecule has 1 N–H and O–H groups in total. The van der Waals surface area contributed by atoms with Crippen LogP contribution in [0.4, 0.5) is 0 Å². The predicted molar refractivity (Wildman–Crippen MR) is 56.2 cm³/mol. The van der Waals surface area contributed by atoms with Gasteiger partial charge in [0.15, 0.2) is 0 Å². The van der Waals surface area contributed by atoms with E-state index in [2.05, 4.69) is 27.3 Å². The Labute approximate surface area is 86.7 Å². The van der Waals surface area contributed by atoms with Gasteiger partial charge in [0, 0.05) is 10.5 Å². The summed E-state index contributed by atoms with van der Waals surface area (Å²) in [6.45, 7) is 2.43. The molecule has 0 aromatic heterocycles. The van der Waals surface area contributed by atoms with Gasteiger partial charge in [0.2, 0.25) is 0 Å². The molecule has 0 aliphatic carbocycles. The van der Waals surface area contributed by atoms with E-state index in [-0.39, 0.29) is 6.04 Å². The molecule has 0 unspecified atom stereocenters. The number of rotatable bonds is 3. The summed E-state index contributed by atoms with van der Waals surface area (Å²) in [5, 5.41) is 11.5. The molecule has 1 aromatic rings. The van der Waals surface area contributed by atoms with Crippen LogP contribution in [0, 0.1) is 11.3 Å². The van der Waals surface area contributed by atoms with Crippen LogP contribution in [0.25, 0.3) is 0 Å². The van der Waals surface area contributed by atoms with Gasteiger partial charge in [-0.1, -0.05) is 28.1 Å². The first kappa shape index (κ1) is 10.2. The second-order valence-electron chi connectivity index (χ2n) is 2.81. The summed E-state index contributed by atoms with van der Waals surface area (Å²) in [5.74, 6) is 0. The van der Waals surface area contributed by atoms with Crippen LogP contribution in [0.3, 0.4) is 0 Å². The van der Waals surface area contributed by atoms with Crippen molar-refractivity contribution in [2.75, 3.05) is 6.54 Å². The van der Waals surface area contributed by atoms with Crippen molar-refractivity contribution >= 4 is 15.9 Å². The monoisotopic (exact) mass is 238 g/mol. The molecule has 0 bridgehead atoms. The van der Waals surface area contributed by atoms with Gasteiger partial charge in [-0.3, -0.25) is 5.32 Å². The Kier molecular flexibility index (Phi) is 3.94. The molecule has 0 saturated carbocycles. The molecule has 0 spiro atoms. The minimum Gasteiger partial charge on any atom is -0.298 e. The van der Waals surface area contributed by atoms with Crippen molar-refractivity contribution in [2.45, 2.75) is 13.0 Å². The van der Waals surface area contributed by atoms with Crippen molar-refractivity contribution in [1.29, 1.82) is 5.26 Å². The van der Waals surface area contributed by atoms with Crippen LogP contribution >= 0.6 is 15.9 Å². The molecule has 0 aliphatic rings. The maximum Gasteiger partial charge on any atom is 0.0845 e. The van der Waals surface area contributed by atoms with Crippen LogP contribution in [0.2, 0.25) is 0 Å². The summed E-state index contributed by atoms with van der Waals surface area (Å²) in [4.78, 5) is 0. The third-order valence-corrected chi connectivity index (χ3v) is 2.39. The number of hydrogen-bond donors (Lipinski definition) is 1. The molecule has 3 heteroatoms. The van der Waals surface area contributed by atoms with Crippen molar-refractivity contribution in [2.24, 2.45) is 0 Å². The van der Waals surface area contributed by atoms with Crippen LogP contribution in [0.5, 0.6) is 0 Å². The number of nitriles is 1. The lowest BCUT2D eigenvalue weighted by atomic mass is 10.1. The van der Waals surface area contributed by atoms with Gasteiger partial charge in [-0.15, -0.1) is 0 Å². The zero-order valence-electron chi connectivity index (χ0n) is 7.42. The Hall–Kier alpha value is -0.850. The quantitative estimate of drug-likeness (QED) is 0.823. The molecule has 0 radical (unpaired) electrons. The predicted octanol–water partition coefficient (Wildman–Crippen LogP) is 2.62. The average molecular weight is 239 g/mol. The minimum absolute atomic E-state index is 0.229. The Morgan fingerprint density at radius 3 is 2.62 bits per heavy atom. The highest BCUT2D eigenvalue weighted by molar-refractivity contribution is 9.10. The molecule has 1 atom stereocenters. The minimum atomic E-state index is 0.229. The summed E-state index contributed by atoms with van der Waals surface area (Å²) in [6.07, 6.45) is 0. The van der Waals surface area contributed by atoms with Gasteiger partial charge in [-0.05, 0) is 24.6 Å². The highest BCUT2D eigenvalue weighted by Gasteiger charge is 2.02. The van der Waals surface area contributed by atoms with Crippen molar-refractivity contribution in [1.82, 2.24) is 5.32 Å². The molecule has 13 heavy (non-hydrogen) atoms. The standard InChI is InChI=1S/C10H11BrN2/c1-8(13-7-6-12)9-2-4-10(11)5-3-9/h2-5,8,13H,7H2,1H3/t8-/m0/s1. The first-order valence-corrected chi connectivity index (χ1v) is 4.89. The topological polar surface area (TPSA) is 35.8 Å². The fraction of sp³-hybridized carbons (Fsp3) is 0.300. The normalized spacial score (nSPS) is 12.1. The smallest absolute Gasteiger partial charge is 0.0845 e. The van der Waals surface area contributed by atoms with Gasteiger partial charge in [0.05, 0.1) is 12.6 Å². The molecule has 0 heterocycles. The Morgan fingerprint density at radius 2 is 2.08 bits per heavy atom. The third kappa shape index (κ3) is 3.17. The van der Waals surface area contributed by atoms with Gasteiger partial charge >= 0.3 is 0 Å². The molecular weight excluding hydrogens is 228 g/mol. The zero-order chi connectivity index (χ0) is 9.68. The fourth-order valence-electron chi connectivity index (χ4n) is 1.07. The Morgan fingerprint density at radius 1 is 1.46 bits per heavy atom. The maximum absolute atomic E-state index is 8.39. The molecule has 68 valence electrons. The van der Waals surface area contributed by atoms with Crippen LogP contribution in [0.15, 0.2) is 28.7 Å². The molecule has 1 rings (SSSR count). The Balaban J connectivity index is 2.62. The van der Waals surface area contributed by atoms with Gasteiger partial charge < -0.3 is 0 Å². The largest absolute Gasteiger partial charge is 0.298 e. The van der Waals surface area contributed by atoms with Crippen LogP contribution in [-0.2, 0) is 0 Å². The maximum atomic E-state index is 8.39. The van der Waals surface area contributed by atoms with E-state index in [4.69, 9.17) is 5.26 Å². The highest BCUT2D eigenvalue weighted by atomic mass is 79.9. The zero-order valence-corrected chi connectivity index (χ0v) is 9.01. The highest BCUT2D eigenvalue weighted by Crippen LogP contribution is 2.15. The van der Waals surface area contributed by atoms with Gasteiger partial charge in [0.25, 0.3) is 0 Å². The van der Waals surface area contributed by atoms with Crippen LogP contribution in [-0.4, -0.2) is 6.54 Å². The van der Waals surface area contributed by atoms with E-state index in [0.29, 0.717) is 6.54 Å². The van der Waals surface area contributed by atoms with E-state index >= 15 is 0 Å². The molecule has 0 saturated heterocycles. The van der Waals surface area contributed by atoms with E-state index in [0.717, 1.165) is 4.47 Å². The second-order valence-corrected chi connectivity index (χ2v) is 3.73. The van der Waals surface area contributed by atoms with Crippen LogP contribution in [0.1, 0.15) is 18.5 Å². The van der Waals surface area contributed by atoms with E-state index in [1.54, 1.807) is 0 Å². The van der Waals surface area contributed by atoms with Gasteiger partial charge in [0.1, 0.15) is 0 Å². The number of halogens is 1. The van der Waals surface area contributed by atoms with Crippen LogP contribution < -0.4 is 5.32 Å². The second kappa shape index (κ2) is 5.00. The fourth-order valence-corrected chi connectivity index (χ4v) is 1.33. The summed E-state index contributed by atoms with van der Waals surface area (Å²) in [7, 11) is 0. The molecule has 1 aromatic carbocycles. The number of benzene rings is 1. The molecule has 2 nitrogen and oxygen atoms in total. The summed E-state index contributed by atoms with van der Waals surface area (Å²) < 4.78 is 1.07. The van der Waals surface area contributed by atoms with Crippen molar-refractivity contribution < 1.29 is 0 Å².